The standard InChI is InChI=1S/C9H11NO3/c1-6(11)13-8-5-3-2-4-7(8)9(10)12/h2-4,8H,5H2,1H3,(H2,10,12). The molecule has 2 N–H and O–H groups in total. The van der Waals surface area contributed by atoms with Gasteiger partial charge in [-0.1, -0.05) is 18.2 Å². The maximum atomic E-state index is 10.9. The third kappa shape index (κ3) is 2.43. The molecule has 0 radical (unpaired) electrons. The van der Waals surface area contributed by atoms with Gasteiger partial charge in [0.25, 0.3) is 0 Å². The molecule has 1 rings (SSSR count). The van der Waals surface area contributed by atoms with Gasteiger partial charge in [0.05, 0.1) is 5.57 Å². The van der Waals surface area contributed by atoms with Gasteiger partial charge in [-0.3, -0.25) is 9.59 Å². The molecule has 1 amide bonds. The Balaban J connectivity index is 2.75. The third-order valence-electron chi connectivity index (χ3n) is 1.70. The minimum atomic E-state index is -0.546. The molecule has 1 aliphatic carbocycles. The predicted molar refractivity (Wildman–Crippen MR) is 46.6 cm³/mol. The van der Waals surface area contributed by atoms with Gasteiger partial charge in [-0.05, 0) is 0 Å². The Bertz CT molecular complexity index is 291. The average Bonchev–Trinajstić information content (AvgIpc) is 2.03. The molecule has 13 heavy (non-hydrogen) atoms. The number of rotatable bonds is 2. The average molecular weight is 181 g/mol. The van der Waals surface area contributed by atoms with E-state index in [2.05, 4.69) is 0 Å². The van der Waals surface area contributed by atoms with E-state index in [-0.39, 0.29) is 0 Å². The summed E-state index contributed by atoms with van der Waals surface area (Å²) in [7, 11) is 0. The van der Waals surface area contributed by atoms with Gasteiger partial charge in [0.2, 0.25) is 5.91 Å². The van der Waals surface area contributed by atoms with E-state index in [1.54, 1.807) is 12.2 Å². The monoisotopic (exact) mass is 181 g/mol. The van der Waals surface area contributed by atoms with Crippen LogP contribution in [-0.2, 0) is 14.3 Å². The number of esters is 1. The van der Waals surface area contributed by atoms with Gasteiger partial charge in [-0.2, -0.15) is 0 Å². The minimum Gasteiger partial charge on any atom is -0.457 e. The molecule has 0 bridgehead atoms. The smallest absolute Gasteiger partial charge is 0.303 e. The van der Waals surface area contributed by atoms with Crippen molar-refractivity contribution in [3.05, 3.63) is 23.8 Å². The Labute approximate surface area is 76.1 Å². The quantitative estimate of drug-likeness (QED) is 0.622. The van der Waals surface area contributed by atoms with E-state index in [1.165, 1.54) is 6.92 Å². The third-order valence-corrected chi connectivity index (χ3v) is 1.70. The number of carbonyl (C=O) groups is 2. The summed E-state index contributed by atoms with van der Waals surface area (Å²) in [6.07, 6.45) is 5.11. The number of primary amides is 1. The lowest BCUT2D eigenvalue weighted by Crippen LogP contribution is -2.28. The number of ether oxygens (including phenoxy) is 1. The topological polar surface area (TPSA) is 69.4 Å². The zero-order valence-corrected chi connectivity index (χ0v) is 7.32. The van der Waals surface area contributed by atoms with Crippen LogP contribution in [0.3, 0.4) is 0 Å². The summed E-state index contributed by atoms with van der Waals surface area (Å²) in [5, 5.41) is 0. The van der Waals surface area contributed by atoms with E-state index < -0.39 is 18.0 Å². The van der Waals surface area contributed by atoms with Crippen molar-refractivity contribution in [1.82, 2.24) is 0 Å². The van der Waals surface area contributed by atoms with Crippen LogP contribution in [0.2, 0.25) is 0 Å². The molecule has 0 heterocycles. The number of carbonyl (C=O) groups excluding carboxylic acids is 2. The summed E-state index contributed by atoms with van der Waals surface area (Å²) in [5.41, 5.74) is 5.45. The largest absolute Gasteiger partial charge is 0.457 e. The van der Waals surface area contributed by atoms with Crippen molar-refractivity contribution in [3.63, 3.8) is 0 Å². The number of nitrogens with two attached hydrogens (primary N) is 1. The molecule has 0 aromatic heterocycles. The molecule has 0 spiro atoms. The lowest BCUT2D eigenvalue weighted by Gasteiger charge is -2.18. The fraction of sp³-hybridized carbons (Fsp3) is 0.333. The Morgan fingerprint density at radius 2 is 2.31 bits per heavy atom. The lowest BCUT2D eigenvalue weighted by molar-refractivity contribution is -0.144. The van der Waals surface area contributed by atoms with Crippen molar-refractivity contribution in [2.24, 2.45) is 5.73 Å². The predicted octanol–water partition coefficient (Wildman–Crippen LogP) is 0.290. The first-order valence-corrected chi connectivity index (χ1v) is 3.95. The SMILES string of the molecule is CC(=O)OC1CC=CC=C1C(N)=O. The van der Waals surface area contributed by atoms with Crippen LogP contribution in [0.25, 0.3) is 0 Å². The highest BCUT2D eigenvalue weighted by Gasteiger charge is 2.21. The van der Waals surface area contributed by atoms with Crippen LogP contribution in [0.15, 0.2) is 23.8 Å². The van der Waals surface area contributed by atoms with Crippen LogP contribution in [0.1, 0.15) is 13.3 Å². The Morgan fingerprint density at radius 3 is 2.85 bits per heavy atom. The number of allylic oxidation sites excluding steroid dienone is 2. The first-order valence-electron chi connectivity index (χ1n) is 3.95. The maximum absolute atomic E-state index is 10.9. The van der Waals surface area contributed by atoms with E-state index in [4.69, 9.17) is 10.5 Å². The molecule has 1 atom stereocenters. The van der Waals surface area contributed by atoms with E-state index >= 15 is 0 Å². The summed E-state index contributed by atoms with van der Waals surface area (Å²) < 4.78 is 4.91. The Morgan fingerprint density at radius 1 is 1.62 bits per heavy atom. The minimum absolute atomic E-state index is 0.345. The molecule has 0 saturated heterocycles. The van der Waals surface area contributed by atoms with Gasteiger partial charge in [-0.25, -0.2) is 0 Å². The zero-order chi connectivity index (χ0) is 9.84. The van der Waals surface area contributed by atoms with Crippen molar-refractivity contribution < 1.29 is 14.3 Å². The van der Waals surface area contributed by atoms with Crippen LogP contribution in [0.5, 0.6) is 0 Å². The highest BCUT2D eigenvalue weighted by molar-refractivity contribution is 5.94. The summed E-state index contributed by atoms with van der Waals surface area (Å²) in [6.45, 7) is 1.30. The Kier molecular flexibility index (Phi) is 2.84. The van der Waals surface area contributed by atoms with Gasteiger partial charge in [0, 0.05) is 13.3 Å². The highest BCUT2D eigenvalue weighted by atomic mass is 16.5. The fourth-order valence-electron chi connectivity index (χ4n) is 1.16. The molecular formula is C9H11NO3. The van der Waals surface area contributed by atoms with Gasteiger partial charge in [-0.15, -0.1) is 0 Å². The van der Waals surface area contributed by atoms with Crippen molar-refractivity contribution in [2.75, 3.05) is 0 Å². The molecular weight excluding hydrogens is 170 g/mol. The molecule has 0 aromatic rings. The van der Waals surface area contributed by atoms with Gasteiger partial charge >= 0.3 is 5.97 Å². The van der Waals surface area contributed by atoms with Crippen LogP contribution >= 0.6 is 0 Å². The molecule has 0 aliphatic heterocycles. The first-order chi connectivity index (χ1) is 6.11. The maximum Gasteiger partial charge on any atom is 0.303 e. The molecule has 0 aromatic carbocycles. The zero-order valence-electron chi connectivity index (χ0n) is 7.32. The lowest BCUT2D eigenvalue weighted by atomic mass is 10.0. The van der Waals surface area contributed by atoms with Crippen LogP contribution in [0, 0.1) is 0 Å². The second-order valence-electron chi connectivity index (χ2n) is 2.75. The van der Waals surface area contributed by atoms with Gasteiger partial charge in [0.15, 0.2) is 0 Å². The van der Waals surface area contributed by atoms with Crippen LogP contribution in [0.4, 0.5) is 0 Å². The van der Waals surface area contributed by atoms with Crippen molar-refractivity contribution >= 4 is 11.9 Å². The number of hydrogen-bond acceptors (Lipinski definition) is 3. The molecule has 0 saturated carbocycles. The second kappa shape index (κ2) is 3.89. The summed E-state index contributed by atoms with van der Waals surface area (Å²) in [5.74, 6) is -0.956. The molecule has 1 aliphatic rings. The summed E-state index contributed by atoms with van der Waals surface area (Å²) in [4.78, 5) is 21.5. The van der Waals surface area contributed by atoms with Gasteiger partial charge < -0.3 is 10.5 Å². The molecule has 1 unspecified atom stereocenters. The van der Waals surface area contributed by atoms with E-state index in [0.717, 1.165) is 0 Å². The van der Waals surface area contributed by atoms with E-state index in [0.29, 0.717) is 12.0 Å². The van der Waals surface area contributed by atoms with Crippen molar-refractivity contribution in [1.29, 1.82) is 0 Å². The van der Waals surface area contributed by atoms with E-state index in [1.807, 2.05) is 6.08 Å². The summed E-state index contributed by atoms with van der Waals surface area (Å²) in [6, 6.07) is 0. The molecule has 70 valence electrons. The normalized spacial score (nSPS) is 20.7. The van der Waals surface area contributed by atoms with Crippen molar-refractivity contribution in [2.45, 2.75) is 19.4 Å². The van der Waals surface area contributed by atoms with Gasteiger partial charge in [0.1, 0.15) is 6.10 Å². The second-order valence-corrected chi connectivity index (χ2v) is 2.75. The van der Waals surface area contributed by atoms with E-state index in [9.17, 15) is 9.59 Å². The van der Waals surface area contributed by atoms with Crippen molar-refractivity contribution in [3.8, 4) is 0 Å². The first kappa shape index (κ1) is 9.51. The Hall–Kier alpha value is -1.58. The fourth-order valence-corrected chi connectivity index (χ4v) is 1.16. The summed E-state index contributed by atoms with van der Waals surface area (Å²) >= 11 is 0. The number of hydrogen-bond donors (Lipinski definition) is 1. The van der Waals surface area contributed by atoms with Crippen LogP contribution in [-0.4, -0.2) is 18.0 Å². The number of amides is 1. The highest BCUT2D eigenvalue weighted by Crippen LogP contribution is 2.16. The van der Waals surface area contributed by atoms with Crippen LogP contribution < -0.4 is 5.73 Å². The molecule has 0 fully saturated rings. The molecule has 4 nitrogen and oxygen atoms in total. The molecule has 4 heteroatoms.